The summed E-state index contributed by atoms with van der Waals surface area (Å²) >= 11 is 3.40. The Labute approximate surface area is 92.5 Å². The molecule has 0 unspecified atom stereocenters. The van der Waals surface area contributed by atoms with Crippen LogP contribution in [0.5, 0.6) is 0 Å². The molecule has 1 aliphatic rings. The maximum atomic E-state index is 9.28. The molecule has 1 fully saturated rings. The second kappa shape index (κ2) is 3.91. The molecule has 0 aliphatic heterocycles. The SMILES string of the molecule is OCC1(Nc2ccc(Br)cc2)CCC1. The number of aliphatic hydroxyl groups is 1. The van der Waals surface area contributed by atoms with Crippen LogP contribution in [0.2, 0.25) is 0 Å². The van der Waals surface area contributed by atoms with E-state index in [4.69, 9.17) is 0 Å². The van der Waals surface area contributed by atoms with Crippen molar-refractivity contribution in [1.82, 2.24) is 0 Å². The lowest BCUT2D eigenvalue weighted by atomic mass is 9.77. The van der Waals surface area contributed by atoms with Gasteiger partial charge in [0.1, 0.15) is 0 Å². The van der Waals surface area contributed by atoms with Gasteiger partial charge >= 0.3 is 0 Å². The Balaban J connectivity index is 2.06. The Bertz CT molecular complexity index is 300. The van der Waals surface area contributed by atoms with Gasteiger partial charge in [-0.3, -0.25) is 0 Å². The number of halogens is 1. The average molecular weight is 256 g/mol. The summed E-state index contributed by atoms with van der Waals surface area (Å²) in [5.74, 6) is 0. The van der Waals surface area contributed by atoms with Crippen LogP contribution >= 0.6 is 15.9 Å². The third kappa shape index (κ3) is 1.93. The molecule has 0 radical (unpaired) electrons. The number of nitrogens with one attached hydrogen (secondary N) is 1. The van der Waals surface area contributed by atoms with Gasteiger partial charge in [0.15, 0.2) is 0 Å². The van der Waals surface area contributed by atoms with Gasteiger partial charge in [-0.2, -0.15) is 0 Å². The van der Waals surface area contributed by atoms with E-state index >= 15 is 0 Å². The molecule has 2 nitrogen and oxygen atoms in total. The van der Waals surface area contributed by atoms with Crippen LogP contribution < -0.4 is 5.32 Å². The molecule has 0 spiro atoms. The Kier molecular flexibility index (Phi) is 2.79. The fourth-order valence-corrected chi connectivity index (χ4v) is 2.03. The quantitative estimate of drug-likeness (QED) is 0.871. The summed E-state index contributed by atoms with van der Waals surface area (Å²) in [5, 5.41) is 12.7. The van der Waals surface area contributed by atoms with Crippen molar-refractivity contribution < 1.29 is 5.11 Å². The van der Waals surface area contributed by atoms with Crippen molar-refractivity contribution in [3.8, 4) is 0 Å². The van der Waals surface area contributed by atoms with Gasteiger partial charge in [0, 0.05) is 10.2 Å². The highest BCUT2D eigenvalue weighted by molar-refractivity contribution is 9.10. The molecule has 1 aliphatic carbocycles. The maximum Gasteiger partial charge on any atom is 0.0661 e. The van der Waals surface area contributed by atoms with E-state index in [-0.39, 0.29) is 12.1 Å². The molecule has 0 atom stereocenters. The van der Waals surface area contributed by atoms with Gasteiger partial charge in [0.2, 0.25) is 0 Å². The molecule has 0 amide bonds. The van der Waals surface area contributed by atoms with Crippen LogP contribution in [0.25, 0.3) is 0 Å². The molecular formula is C11H14BrNO. The van der Waals surface area contributed by atoms with Crippen molar-refractivity contribution in [1.29, 1.82) is 0 Å². The normalized spacial score (nSPS) is 18.7. The Morgan fingerprint density at radius 1 is 1.29 bits per heavy atom. The second-order valence-electron chi connectivity index (χ2n) is 3.92. The standard InChI is InChI=1S/C11H14BrNO/c12-9-2-4-10(5-3-9)13-11(8-14)6-1-7-11/h2-5,13-14H,1,6-8H2. The highest BCUT2D eigenvalue weighted by Crippen LogP contribution is 2.34. The zero-order valence-electron chi connectivity index (χ0n) is 7.96. The minimum atomic E-state index is -0.0478. The lowest BCUT2D eigenvalue weighted by Crippen LogP contribution is -2.48. The molecule has 0 saturated heterocycles. The van der Waals surface area contributed by atoms with E-state index in [1.807, 2.05) is 24.3 Å². The van der Waals surface area contributed by atoms with Crippen molar-refractivity contribution in [2.75, 3.05) is 11.9 Å². The predicted octanol–water partition coefficient (Wildman–Crippen LogP) is 2.78. The minimum Gasteiger partial charge on any atom is -0.394 e. The number of rotatable bonds is 3. The van der Waals surface area contributed by atoms with Crippen LogP contribution in [0, 0.1) is 0 Å². The van der Waals surface area contributed by atoms with Gasteiger partial charge in [-0.05, 0) is 43.5 Å². The van der Waals surface area contributed by atoms with Gasteiger partial charge in [0.25, 0.3) is 0 Å². The van der Waals surface area contributed by atoms with Crippen LogP contribution in [0.4, 0.5) is 5.69 Å². The van der Waals surface area contributed by atoms with Gasteiger partial charge in [-0.1, -0.05) is 15.9 Å². The zero-order valence-corrected chi connectivity index (χ0v) is 9.55. The first-order chi connectivity index (χ1) is 6.74. The van der Waals surface area contributed by atoms with Gasteiger partial charge in [-0.15, -0.1) is 0 Å². The molecule has 76 valence electrons. The van der Waals surface area contributed by atoms with Crippen LogP contribution in [0.15, 0.2) is 28.7 Å². The third-order valence-corrected chi connectivity index (χ3v) is 3.40. The van der Waals surface area contributed by atoms with Crippen molar-refractivity contribution >= 4 is 21.6 Å². The van der Waals surface area contributed by atoms with Crippen LogP contribution in [0.1, 0.15) is 19.3 Å². The molecule has 14 heavy (non-hydrogen) atoms. The molecule has 1 aromatic carbocycles. The fraction of sp³-hybridized carbons (Fsp3) is 0.455. The van der Waals surface area contributed by atoms with E-state index in [9.17, 15) is 5.11 Å². The number of hydrogen-bond acceptors (Lipinski definition) is 2. The third-order valence-electron chi connectivity index (χ3n) is 2.87. The molecule has 3 heteroatoms. The molecule has 2 N–H and O–H groups in total. The van der Waals surface area contributed by atoms with Gasteiger partial charge in [0.05, 0.1) is 12.1 Å². The highest BCUT2D eigenvalue weighted by atomic mass is 79.9. The van der Waals surface area contributed by atoms with E-state index in [2.05, 4.69) is 21.2 Å². The minimum absolute atomic E-state index is 0.0478. The van der Waals surface area contributed by atoms with Crippen LogP contribution in [-0.4, -0.2) is 17.3 Å². The lowest BCUT2D eigenvalue weighted by molar-refractivity contribution is 0.144. The van der Waals surface area contributed by atoms with E-state index < -0.39 is 0 Å². The second-order valence-corrected chi connectivity index (χ2v) is 4.84. The number of anilines is 1. The van der Waals surface area contributed by atoms with E-state index in [0.29, 0.717) is 0 Å². The van der Waals surface area contributed by atoms with Gasteiger partial charge < -0.3 is 10.4 Å². The topological polar surface area (TPSA) is 32.3 Å². The average Bonchev–Trinajstić information content (AvgIpc) is 2.15. The number of benzene rings is 1. The fourth-order valence-electron chi connectivity index (χ4n) is 1.77. The summed E-state index contributed by atoms with van der Waals surface area (Å²) < 4.78 is 1.08. The maximum absolute atomic E-state index is 9.28. The van der Waals surface area contributed by atoms with Crippen LogP contribution in [-0.2, 0) is 0 Å². The first-order valence-corrected chi connectivity index (χ1v) is 5.68. The summed E-state index contributed by atoms with van der Waals surface area (Å²) in [5.41, 5.74) is 1.04. The number of hydrogen-bond donors (Lipinski definition) is 2. The smallest absolute Gasteiger partial charge is 0.0661 e. The van der Waals surface area contributed by atoms with Crippen molar-refractivity contribution in [3.05, 3.63) is 28.7 Å². The van der Waals surface area contributed by atoms with Gasteiger partial charge in [-0.25, -0.2) is 0 Å². The summed E-state index contributed by atoms with van der Waals surface area (Å²) in [6.07, 6.45) is 3.35. The Morgan fingerprint density at radius 2 is 1.93 bits per heavy atom. The summed E-state index contributed by atoms with van der Waals surface area (Å²) in [6.45, 7) is 0.225. The zero-order chi connectivity index (χ0) is 10.0. The molecule has 0 heterocycles. The first kappa shape index (κ1) is 9.99. The van der Waals surface area contributed by atoms with Crippen molar-refractivity contribution in [2.24, 2.45) is 0 Å². The molecule has 2 rings (SSSR count). The molecule has 0 bridgehead atoms. The van der Waals surface area contributed by atoms with E-state index in [1.54, 1.807) is 0 Å². The van der Waals surface area contributed by atoms with Crippen molar-refractivity contribution in [2.45, 2.75) is 24.8 Å². The van der Waals surface area contributed by atoms with Crippen molar-refractivity contribution in [3.63, 3.8) is 0 Å². The number of aliphatic hydroxyl groups excluding tert-OH is 1. The lowest BCUT2D eigenvalue weighted by Gasteiger charge is -2.41. The van der Waals surface area contributed by atoms with Crippen LogP contribution in [0.3, 0.4) is 0 Å². The molecule has 0 aromatic heterocycles. The van der Waals surface area contributed by atoms with E-state index in [0.717, 1.165) is 23.0 Å². The van der Waals surface area contributed by atoms with E-state index in [1.165, 1.54) is 6.42 Å². The predicted molar refractivity (Wildman–Crippen MR) is 61.4 cm³/mol. The Morgan fingerprint density at radius 3 is 2.36 bits per heavy atom. The molecule has 1 aromatic rings. The first-order valence-electron chi connectivity index (χ1n) is 4.89. The molecule has 1 saturated carbocycles. The highest BCUT2D eigenvalue weighted by Gasteiger charge is 2.35. The summed E-state index contributed by atoms with van der Waals surface area (Å²) in [6, 6.07) is 8.07. The summed E-state index contributed by atoms with van der Waals surface area (Å²) in [4.78, 5) is 0. The largest absolute Gasteiger partial charge is 0.394 e. The molecular weight excluding hydrogens is 242 g/mol. The Hall–Kier alpha value is -0.540. The summed E-state index contributed by atoms with van der Waals surface area (Å²) in [7, 11) is 0. The monoisotopic (exact) mass is 255 g/mol.